The van der Waals surface area contributed by atoms with Gasteiger partial charge < -0.3 is 15.2 Å². The smallest absolute Gasteiger partial charge is 0.321 e. The molecule has 3 amide bonds. The van der Waals surface area contributed by atoms with Gasteiger partial charge in [-0.1, -0.05) is 19.3 Å². The number of imide groups is 1. The Labute approximate surface area is 166 Å². The summed E-state index contributed by atoms with van der Waals surface area (Å²) in [5, 5.41) is 15.8. The van der Waals surface area contributed by atoms with Crippen molar-refractivity contribution in [3.63, 3.8) is 0 Å². The molecule has 0 unspecified atom stereocenters. The van der Waals surface area contributed by atoms with Crippen LogP contribution in [-0.2, 0) is 14.3 Å². The van der Waals surface area contributed by atoms with E-state index in [1.165, 1.54) is 6.42 Å². The number of hydrogen-bond donors (Lipinski definition) is 3. The highest BCUT2D eigenvalue weighted by Crippen LogP contribution is 2.62. The van der Waals surface area contributed by atoms with Crippen molar-refractivity contribution in [2.24, 2.45) is 17.3 Å². The number of esters is 1. The Morgan fingerprint density at radius 1 is 1.00 bits per heavy atom. The highest BCUT2D eigenvalue weighted by molar-refractivity contribution is 5.95. The van der Waals surface area contributed by atoms with Gasteiger partial charge >= 0.3 is 12.0 Å². The zero-order valence-electron chi connectivity index (χ0n) is 16.5. The van der Waals surface area contributed by atoms with E-state index >= 15 is 0 Å². The molecule has 5 fully saturated rings. The number of ether oxygens (including phenoxy) is 1. The SMILES string of the molecule is O=C(COC(=O)CC12C[C@@H]3C[C@H](CC(O)(C3)C1)C2)NC(=O)NC1CCCCC1. The van der Waals surface area contributed by atoms with Crippen molar-refractivity contribution in [1.82, 2.24) is 10.6 Å². The molecular formula is C21H32N2O5. The zero-order valence-corrected chi connectivity index (χ0v) is 16.5. The lowest BCUT2D eigenvalue weighted by atomic mass is 9.47. The average molecular weight is 392 g/mol. The van der Waals surface area contributed by atoms with Crippen LogP contribution in [0.15, 0.2) is 0 Å². The molecule has 0 aromatic heterocycles. The number of aliphatic hydroxyl groups is 1. The maximum Gasteiger partial charge on any atom is 0.321 e. The molecule has 4 bridgehead atoms. The lowest BCUT2D eigenvalue weighted by Gasteiger charge is -2.60. The van der Waals surface area contributed by atoms with Crippen molar-refractivity contribution in [3.05, 3.63) is 0 Å². The minimum absolute atomic E-state index is 0.117. The molecule has 156 valence electrons. The normalized spacial score (nSPS) is 36.8. The van der Waals surface area contributed by atoms with Gasteiger partial charge in [0, 0.05) is 6.04 Å². The van der Waals surface area contributed by atoms with Gasteiger partial charge in [-0.2, -0.15) is 0 Å². The van der Waals surface area contributed by atoms with E-state index in [1.54, 1.807) is 0 Å². The van der Waals surface area contributed by atoms with Gasteiger partial charge in [-0.15, -0.1) is 0 Å². The molecular weight excluding hydrogens is 360 g/mol. The molecule has 0 aromatic rings. The second kappa shape index (κ2) is 7.65. The van der Waals surface area contributed by atoms with Crippen molar-refractivity contribution in [2.45, 2.75) is 88.7 Å². The third-order valence-corrected chi connectivity index (χ3v) is 7.23. The zero-order chi connectivity index (χ0) is 19.8. The van der Waals surface area contributed by atoms with Crippen LogP contribution >= 0.6 is 0 Å². The van der Waals surface area contributed by atoms with E-state index in [2.05, 4.69) is 10.6 Å². The van der Waals surface area contributed by atoms with Crippen LogP contribution < -0.4 is 10.6 Å². The first kappa shape index (κ1) is 19.7. The summed E-state index contributed by atoms with van der Waals surface area (Å²) in [5.74, 6) is -0.00384. The first-order valence-corrected chi connectivity index (χ1v) is 10.8. The maximum atomic E-state index is 12.4. The molecule has 7 nitrogen and oxygen atoms in total. The third-order valence-electron chi connectivity index (χ3n) is 7.23. The molecule has 0 saturated heterocycles. The third kappa shape index (κ3) is 4.50. The largest absolute Gasteiger partial charge is 0.456 e. The van der Waals surface area contributed by atoms with Crippen molar-refractivity contribution < 1.29 is 24.2 Å². The Bertz CT molecular complexity index is 629. The highest BCUT2D eigenvalue weighted by Gasteiger charge is 2.57. The predicted octanol–water partition coefficient (Wildman–Crippen LogP) is 2.41. The Morgan fingerprint density at radius 3 is 2.32 bits per heavy atom. The Hall–Kier alpha value is -1.63. The molecule has 0 radical (unpaired) electrons. The molecule has 0 aromatic carbocycles. The second-order valence-corrected chi connectivity index (χ2v) is 9.88. The van der Waals surface area contributed by atoms with Gasteiger partial charge in [-0.25, -0.2) is 4.79 Å². The summed E-state index contributed by atoms with van der Waals surface area (Å²) >= 11 is 0. The number of carbonyl (C=O) groups is 3. The Balaban J connectivity index is 1.20. The van der Waals surface area contributed by atoms with E-state index in [9.17, 15) is 19.5 Å². The van der Waals surface area contributed by atoms with Crippen LogP contribution in [0.2, 0.25) is 0 Å². The monoisotopic (exact) mass is 392 g/mol. The molecule has 5 rings (SSSR count). The van der Waals surface area contributed by atoms with Gasteiger partial charge in [0.1, 0.15) is 0 Å². The molecule has 3 N–H and O–H groups in total. The molecule has 0 heterocycles. The van der Waals surface area contributed by atoms with Gasteiger partial charge in [0.25, 0.3) is 5.91 Å². The summed E-state index contributed by atoms with van der Waals surface area (Å²) in [4.78, 5) is 36.2. The molecule has 2 atom stereocenters. The highest BCUT2D eigenvalue weighted by atomic mass is 16.5. The molecule has 0 spiro atoms. The van der Waals surface area contributed by atoms with Crippen molar-refractivity contribution in [3.8, 4) is 0 Å². The van der Waals surface area contributed by atoms with Crippen LogP contribution in [0.4, 0.5) is 4.79 Å². The summed E-state index contributed by atoms with van der Waals surface area (Å²) < 4.78 is 5.15. The summed E-state index contributed by atoms with van der Waals surface area (Å²) in [6, 6.07) is -0.401. The molecule has 7 heteroatoms. The molecule has 0 aliphatic heterocycles. The summed E-state index contributed by atoms with van der Waals surface area (Å²) in [6.45, 7) is -0.440. The average Bonchev–Trinajstić information content (AvgIpc) is 2.58. The second-order valence-electron chi connectivity index (χ2n) is 9.88. The van der Waals surface area contributed by atoms with Crippen molar-refractivity contribution in [1.29, 1.82) is 0 Å². The fraction of sp³-hybridized carbons (Fsp3) is 0.857. The minimum atomic E-state index is -0.612. The standard InChI is InChI=1S/C21H32N2O5/c24-17(23-19(26)22-16-4-2-1-3-5-16)12-28-18(25)11-20-7-14-6-15(8-20)10-21(27,9-14)13-20/h14-16,27H,1-13H2,(H2,22,23,24,26)/t14-,15-,20?,21?/m0/s1. The van der Waals surface area contributed by atoms with E-state index < -0.39 is 30.1 Å². The van der Waals surface area contributed by atoms with Crippen LogP contribution in [0.3, 0.4) is 0 Å². The Kier molecular flexibility index (Phi) is 5.38. The van der Waals surface area contributed by atoms with E-state index in [0.29, 0.717) is 18.3 Å². The predicted molar refractivity (Wildman–Crippen MR) is 101 cm³/mol. The Morgan fingerprint density at radius 2 is 1.68 bits per heavy atom. The molecule has 5 aliphatic rings. The fourth-order valence-corrected chi connectivity index (χ4v) is 6.74. The van der Waals surface area contributed by atoms with E-state index in [4.69, 9.17) is 4.74 Å². The van der Waals surface area contributed by atoms with Crippen LogP contribution in [0, 0.1) is 17.3 Å². The van der Waals surface area contributed by atoms with Crippen LogP contribution in [0.1, 0.15) is 77.0 Å². The maximum absolute atomic E-state index is 12.4. The molecule has 28 heavy (non-hydrogen) atoms. The summed E-state index contributed by atoms with van der Waals surface area (Å²) in [6.07, 6.45) is 11.0. The number of hydrogen-bond acceptors (Lipinski definition) is 5. The molecule has 5 aliphatic carbocycles. The van der Waals surface area contributed by atoms with Crippen LogP contribution in [-0.4, -0.2) is 41.3 Å². The van der Waals surface area contributed by atoms with Gasteiger partial charge in [0.2, 0.25) is 0 Å². The minimum Gasteiger partial charge on any atom is -0.456 e. The van der Waals surface area contributed by atoms with Gasteiger partial charge in [0.05, 0.1) is 12.0 Å². The number of rotatable bonds is 5. The first-order valence-electron chi connectivity index (χ1n) is 10.8. The van der Waals surface area contributed by atoms with Gasteiger partial charge in [0.15, 0.2) is 6.61 Å². The van der Waals surface area contributed by atoms with E-state index in [0.717, 1.165) is 57.8 Å². The lowest BCUT2D eigenvalue weighted by Crippen LogP contribution is -2.56. The number of amides is 3. The number of urea groups is 1. The molecule has 5 saturated carbocycles. The first-order chi connectivity index (χ1) is 13.3. The number of carbonyl (C=O) groups excluding carboxylic acids is 3. The summed E-state index contributed by atoms with van der Waals surface area (Å²) in [5.41, 5.74) is -0.788. The quantitative estimate of drug-likeness (QED) is 0.623. The van der Waals surface area contributed by atoms with Crippen LogP contribution in [0.5, 0.6) is 0 Å². The van der Waals surface area contributed by atoms with Crippen LogP contribution in [0.25, 0.3) is 0 Å². The van der Waals surface area contributed by atoms with Gasteiger partial charge in [-0.05, 0) is 68.6 Å². The topological polar surface area (TPSA) is 105 Å². The van der Waals surface area contributed by atoms with E-state index in [-0.39, 0.29) is 17.9 Å². The number of nitrogens with one attached hydrogen (secondary N) is 2. The van der Waals surface area contributed by atoms with Crippen molar-refractivity contribution >= 4 is 17.9 Å². The van der Waals surface area contributed by atoms with Gasteiger partial charge in [-0.3, -0.25) is 14.9 Å². The lowest BCUT2D eigenvalue weighted by molar-refractivity contribution is -0.177. The summed E-state index contributed by atoms with van der Waals surface area (Å²) in [7, 11) is 0. The fourth-order valence-electron chi connectivity index (χ4n) is 6.74. The van der Waals surface area contributed by atoms with E-state index in [1.807, 2.05) is 0 Å². The van der Waals surface area contributed by atoms with Crippen molar-refractivity contribution in [2.75, 3.05) is 6.61 Å².